The van der Waals surface area contributed by atoms with Crippen molar-refractivity contribution in [3.8, 4) is 0 Å². The van der Waals surface area contributed by atoms with E-state index in [-0.39, 0.29) is 0 Å². The first-order valence-electron chi connectivity index (χ1n) is 3.86. The highest BCUT2D eigenvalue weighted by Crippen LogP contribution is 1.85. The van der Waals surface area contributed by atoms with Crippen molar-refractivity contribution >= 4 is 12.0 Å². The van der Waals surface area contributed by atoms with Crippen molar-refractivity contribution < 1.29 is 14.7 Å². The predicted molar refractivity (Wildman–Crippen MR) is 48.2 cm³/mol. The Morgan fingerprint density at radius 2 is 1.92 bits per heavy atom. The van der Waals surface area contributed by atoms with E-state index in [1.165, 1.54) is 13.1 Å². The summed E-state index contributed by atoms with van der Waals surface area (Å²) in [6, 6.07) is -1.40. The van der Waals surface area contributed by atoms with Gasteiger partial charge in [-0.2, -0.15) is 0 Å². The Hall–Kier alpha value is -1.52. The Morgan fingerprint density at radius 3 is 2.31 bits per heavy atom. The summed E-state index contributed by atoms with van der Waals surface area (Å²) < 4.78 is 0. The number of carboxylic acid groups (broad SMARTS) is 1. The quantitative estimate of drug-likeness (QED) is 0.606. The van der Waals surface area contributed by atoms with Gasteiger partial charge >= 0.3 is 12.0 Å². The van der Waals surface area contributed by atoms with Crippen molar-refractivity contribution in [1.82, 2.24) is 10.6 Å². The summed E-state index contributed by atoms with van der Waals surface area (Å²) in [5.74, 6) is -1.06. The average molecular weight is 186 g/mol. The fraction of sp³-hybridized carbons (Fsp3) is 0.500. The largest absolute Gasteiger partial charge is 0.480 e. The number of aliphatic carboxylic acids is 1. The van der Waals surface area contributed by atoms with E-state index < -0.39 is 18.0 Å². The maximum Gasteiger partial charge on any atom is 0.325 e. The lowest BCUT2D eigenvalue weighted by Gasteiger charge is -2.08. The third kappa shape index (κ3) is 5.72. The molecule has 74 valence electrons. The Labute approximate surface area is 76.8 Å². The second-order valence-corrected chi connectivity index (χ2v) is 2.90. The first-order chi connectivity index (χ1) is 5.93. The van der Waals surface area contributed by atoms with Crippen molar-refractivity contribution in [2.24, 2.45) is 0 Å². The number of allylic oxidation sites excluding steroid dienone is 1. The number of hydrogen-bond donors (Lipinski definition) is 3. The molecule has 0 bridgehead atoms. The molecule has 0 aliphatic rings. The van der Waals surface area contributed by atoms with Crippen LogP contribution in [-0.2, 0) is 4.79 Å². The fourth-order valence-electron chi connectivity index (χ4n) is 0.510. The molecule has 0 rings (SSSR count). The standard InChI is InChI=1S/C8H14N2O3/c1-5(2)4-9-8(13)10-6(3)7(11)12/h4,6H,1-3H3,(H,11,12)(H2,9,10,13). The van der Waals surface area contributed by atoms with Crippen LogP contribution in [0.2, 0.25) is 0 Å². The molecule has 0 fully saturated rings. The summed E-state index contributed by atoms with van der Waals surface area (Å²) in [4.78, 5) is 21.2. The molecule has 0 aliphatic heterocycles. The van der Waals surface area contributed by atoms with Gasteiger partial charge in [0, 0.05) is 6.20 Å². The van der Waals surface area contributed by atoms with Gasteiger partial charge in [-0.15, -0.1) is 0 Å². The molecule has 5 heteroatoms. The van der Waals surface area contributed by atoms with Gasteiger partial charge in [-0.05, 0) is 20.8 Å². The van der Waals surface area contributed by atoms with Gasteiger partial charge in [0.05, 0.1) is 0 Å². The Bertz CT molecular complexity index is 232. The molecule has 0 radical (unpaired) electrons. The van der Waals surface area contributed by atoms with Gasteiger partial charge in [0.2, 0.25) is 0 Å². The van der Waals surface area contributed by atoms with E-state index in [4.69, 9.17) is 5.11 Å². The average Bonchev–Trinajstić information content (AvgIpc) is 2.00. The van der Waals surface area contributed by atoms with Gasteiger partial charge in [-0.3, -0.25) is 4.79 Å². The molecule has 0 aromatic carbocycles. The van der Waals surface area contributed by atoms with Crippen LogP contribution in [0, 0.1) is 0 Å². The molecule has 0 saturated heterocycles. The van der Waals surface area contributed by atoms with Crippen molar-refractivity contribution in [3.63, 3.8) is 0 Å². The Morgan fingerprint density at radius 1 is 1.38 bits per heavy atom. The first-order valence-corrected chi connectivity index (χ1v) is 3.86. The smallest absolute Gasteiger partial charge is 0.325 e. The maximum atomic E-state index is 10.9. The van der Waals surface area contributed by atoms with Crippen LogP contribution in [0.1, 0.15) is 20.8 Å². The molecular formula is C8H14N2O3. The summed E-state index contributed by atoms with van der Waals surface area (Å²) in [5.41, 5.74) is 0.929. The van der Waals surface area contributed by atoms with E-state index in [9.17, 15) is 9.59 Å². The van der Waals surface area contributed by atoms with Gasteiger partial charge in [-0.1, -0.05) is 5.57 Å². The third-order valence-corrected chi connectivity index (χ3v) is 1.21. The van der Waals surface area contributed by atoms with E-state index in [0.29, 0.717) is 0 Å². The van der Waals surface area contributed by atoms with Gasteiger partial charge < -0.3 is 15.7 Å². The Balaban J connectivity index is 3.88. The number of carboxylic acids is 1. The minimum Gasteiger partial charge on any atom is -0.480 e. The minimum absolute atomic E-state index is 0.517. The third-order valence-electron chi connectivity index (χ3n) is 1.21. The topological polar surface area (TPSA) is 78.4 Å². The molecule has 1 unspecified atom stereocenters. The molecule has 0 aromatic heterocycles. The van der Waals surface area contributed by atoms with Crippen LogP contribution in [-0.4, -0.2) is 23.1 Å². The normalized spacial score (nSPS) is 11.3. The summed E-state index contributed by atoms with van der Waals surface area (Å²) >= 11 is 0. The van der Waals surface area contributed by atoms with Crippen molar-refractivity contribution in [2.75, 3.05) is 0 Å². The van der Waals surface area contributed by atoms with Crippen molar-refractivity contribution in [1.29, 1.82) is 0 Å². The fourth-order valence-corrected chi connectivity index (χ4v) is 0.510. The van der Waals surface area contributed by atoms with E-state index in [1.54, 1.807) is 0 Å². The first kappa shape index (κ1) is 11.5. The minimum atomic E-state index is -1.06. The van der Waals surface area contributed by atoms with Gasteiger partial charge in [0.1, 0.15) is 6.04 Å². The molecule has 1 atom stereocenters. The number of nitrogens with one attached hydrogen (secondary N) is 2. The lowest BCUT2D eigenvalue weighted by molar-refractivity contribution is -0.138. The van der Waals surface area contributed by atoms with Gasteiger partial charge in [0.25, 0.3) is 0 Å². The monoisotopic (exact) mass is 186 g/mol. The van der Waals surface area contributed by atoms with Crippen LogP contribution in [0.4, 0.5) is 4.79 Å². The number of carbonyl (C=O) groups excluding carboxylic acids is 1. The number of hydrogen-bond acceptors (Lipinski definition) is 2. The zero-order valence-electron chi connectivity index (χ0n) is 7.92. The van der Waals surface area contributed by atoms with E-state index >= 15 is 0 Å². The highest BCUT2D eigenvalue weighted by molar-refractivity contribution is 5.82. The molecule has 0 saturated carbocycles. The highest BCUT2D eigenvalue weighted by atomic mass is 16.4. The summed E-state index contributed by atoms with van der Waals surface area (Å²) in [6.45, 7) is 5.03. The van der Waals surface area contributed by atoms with Crippen LogP contribution in [0.25, 0.3) is 0 Å². The Kier molecular flexibility index (Phi) is 4.58. The van der Waals surface area contributed by atoms with Crippen LogP contribution in [0.5, 0.6) is 0 Å². The van der Waals surface area contributed by atoms with Crippen LogP contribution < -0.4 is 10.6 Å². The second-order valence-electron chi connectivity index (χ2n) is 2.90. The molecular weight excluding hydrogens is 172 g/mol. The summed E-state index contributed by atoms with van der Waals surface area (Å²) in [7, 11) is 0. The van der Waals surface area contributed by atoms with Crippen molar-refractivity contribution in [3.05, 3.63) is 11.8 Å². The van der Waals surface area contributed by atoms with Crippen LogP contribution in [0.15, 0.2) is 11.8 Å². The van der Waals surface area contributed by atoms with E-state index in [2.05, 4.69) is 10.6 Å². The molecule has 0 spiro atoms. The molecule has 5 nitrogen and oxygen atoms in total. The van der Waals surface area contributed by atoms with Gasteiger partial charge in [-0.25, -0.2) is 4.79 Å². The number of carbonyl (C=O) groups is 2. The molecule has 13 heavy (non-hydrogen) atoms. The number of urea groups is 1. The summed E-state index contributed by atoms with van der Waals surface area (Å²) in [5, 5.41) is 13.1. The van der Waals surface area contributed by atoms with Crippen LogP contribution >= 0.6 is 0 Å². The lowest BCUT2D eigenvalue weighted by atomic mass is 10.3. The zero-order chi connectivity index (χ0) is 10.4. The summed E-state index contributed by atoms with van der Waals surface area (Å²) in [6.07, 6.45) is 1.50. The van der Waals surface area contributed by atoms with E-state index in [1.807, 2.05) is 13.8 Å². The van der Waals surface area contributed by atoms with Crippen molar-refractivity contribution in [2.45, 2.75) is 26.8 Å². The molecule has 0 aromatic rings. The second kappa shape index (κ2) is 5.18. The molecule has 2 amide bonds. The predicted octanol–water partition coefficient (Wildman–Crippen LogP) is 0.682. The van der Waals surface area contributed by atoms with Gasteiger partial charge in [0.15, 0.2) is 0 Å². The maximum absolute atomic E-state index is 10.9. The molecule has 3 N–H and O–H groups in total. The number of amides is 2. The number of rotatable bonds is 3. The molecule has 0 heterocycles. The molecule has 0 aliphatic carbocycles. The highest BCUT2D eigenvalue weighted by Gasteiger charge is 2.12. The SMILES string of the molecule is CC(C)=CNC(=O)NC(C)C(=O)O. The lowest BCUT2D eigenvalue weighted by Crippen LogP contribution is -2.42. The van der Waals surface area contributed by atoms with Crippen LogP contribution in [0.3, 0.4) is 0 Å². The van der Waals surface area contributed by atoms with E-state index in [0.717, 1.165) is 5.57 Å². The zero-order valence-corrected chi connectivity index (χ0v) is 7.92.